The van der Waals surface area contributed by atoms with Crippen LogP contribution in [-0.4, -0.2) is 40.9 Å². The van der Waals surface area contributed by atoms with Crippen LogP contribution in [0.3, 0.4) is 0 Å². The van der Waals surface area contributed by atoms with E-state index in [1.807, 2.05) is 24.3 Å². The van der Waals surface area contributed by atoms with E-state index < -0.39 is 0 Å². The molecule has 1 aromatic carbocycles. The van der Waals surface area contributed by atoms with Crippen molar-refractivity contribution in [3.63, 3.8) is 0 Å². The van der Waals surface area contributed by atoms with E-state index in [2.05, 4.69) is 17.3 Å². The van der Waals surface area contributed by atoms with Gasteiger partial charge in [-0.15, -0.1) is 0 Å². The Labute approximate surface area is 147 Å². The summed E-state index contributed by atoms with van der Waals surface area (Å²) in [6.07, 6.45) is 5.70. The van der Waals surface area contributed by atoms with Gasteiger partial charge in [0, 0.05) is 30.3 Å². The molecule has 2 fully saturated rings. The lowest BCUT2D eigenvalue weighted by atomic mass is 9.89. The zero-order chi connectivity index (χ0) is 17.3. The van der Waals surface area contributed by atoms with E-state index in [0.29, 0.717) is 25.8 Å². The van der Waals surface area contributed by atoms with E-state index in [-0.39, 0.29) is 17.4 Å². The highest BCUT2D eigenvalue weighted by Gasteiger charge is 2.40. The number of aromatic nitrogens is 2. The number of nitrogens with zero attached hydrogens (tertiary/aromatic N) is 2. The van der Waals surface area contributed by atoms with Gasteiger partial charge in [-0.3, -0.25) is 4.79 Å². The van der Waals surface area contributed by atoms with Crippen LogP contribution in [0.2, 0.25) is 0 Å². The van der Waals surface area contributed by atoms with Crippen molar-refractivity contribution < 1.29 is 9.47 Å². The Balaban J connectivity index is 1.37. The summed E-state index contributed by atoms with van der Waals surface area (Å²) in [5, 5.41) is 9.57. The molecule has 1 N–H and O–H groups in total. The van der Waals surface area contributed by atoms with Gasteiger partial charge in [0.2, 0.25) is 0 Å². The van der Waals surface area contributed by atoms with Crippen LogP contribution in [0.1, 0.15) is 32.6 Å². The van der Waals surface area contributed by atoms with Crippen molar-refractivity contribution in [1.29, 1.82) is 0 Å². The van der Waals surface area contributed by atoms with Gasteiger partial charge in [0.05, 0.1) is 31.3 Å². The molecule has 1 atom stereocenters. The summed E-state index contributed by atoms with van der Waals surface area (Å²) in [7, 11) is 0. The zero-order valence-corrected chi connectivity index (χ0v) is 14.6. The Morgan fingerprint density at radius 1 is 1.28 bits per heavy atom. The smallest absolute Gasteiger partial charge is 0.274 e. The molecule has 1 unspecified atom stereocenters. The van der Waals surface area contributed by atoms with Crippen LogP contribution in [-0.2, 0) is 16.0 Å². The molecule has 1 saturated carbocycles. The average Bonchev–Trinajstić information content (AvgIpc) is 3.08. The minimum atomic E-state index is -0.321. The maximum atomic E-state index is 12.6. The van der Waals surface area contributed by atoms with Crippen molar-refractivity contribution in [1.82, 2.24) is 15.1 Å². The summed E-state index contributed by atoms with van der Waals surface area (Å²) in [5.74, 6) is -0.321. The minimum Gasteiger partial charge on any atom is -0.348 e. The molecule has 1 aliphatic carbocycles. The molecule has 1 aliphatic heterocycles. The fraction of sp³-hybridized carbons (Fsp3) is 0.579. The molecular formula is C19H25N3O3. The second kappa shape index (κ2) is 6.86. The summed E-state index contributed by atoms with van der Waals surface area (Å²) in [5.41, 5.74) is -0.0258. The maximum absolute atomic E-state index is 12.6. The minimum absolute atomic E-state index is 0.0258. The number of rotatable bonds is 4. The first-order valence-electron chi connectivity index (χ1n) is 9.14. The van der Waals surface area contributed by atoms with Gasteiger partial charge in [0.25, 0.3) is 5.56 Å². The molecule has 4 rings (SSSR count). The van der Waals surface area contributed by atoms with Gasteiger partial charge < -0.3 is 14.8 Å². The topological polar surface area (TPSA) is 65.4 Å². The van der Waals surface area contributed by atoms with Crippen molar-refractivity contribution >= 4 is 10.8 Å². The Bertz CT molecular complexity index is 788. The second-order valence-corrected chi connectivity index (χ2v) is 7.17. The zero-order valence-electron chi connectivity index (χ0n) is 14.6. The molecule has 25 heavy (non-hydrogen) atoms. The molecular weight excluding hydrogens is 318 g/mol. The molecule has 0 amide bonds. The number of nitrogens with one attached hydrogen (secondary N) is 1. The molecule has 2 aromatic rings. The first kappa shape index (κ1) is 16.7. The molecule has 134 valence electrons. The average molecular weight is 343 g/mol. The van der Waals surface area contributed by atoms with Gasteiger partial charge in [0.15, 0.2) is 5.79 Å². The van der Waals surface area contributed by atoms with Crippen LogP contribution in [0.25, 0.3) is 10.8 Å². The number of fused-ring (bicyclic) bond motifs is 1. The lowest BCUT2D eigenvalue weighted by molar-refractivity contribution is -0.179. The van der Waals surface area contributed by atoms with E-state index in [1.165, 1.54) is 0 Å². The Kier molecular flexibility index (Phi) is 4.58. The van der Waals surface area contributed by atoms with Gasteiger partial charge >= 0.3 is 0 Å². The summed E-state index contributed by atoms with van der Waals surface area (Å²) in [6, 6.07) is 8.20. The third-order valence-corrected chi connectivity index (χ3v) is 5.29. The fourth-order valence-corrected chi connectivity index (χ4v) is 3.98. The summed E-state index contributed by atoms with van der Waals surface area (Å²) >= 11 is 0. The molecule has 6 heteroatoms. The number of ether oxygens (including phenoxy) is 2. The lowest BCUT2D eigenvalue weighted by Crippen LogP contribution is -2.46. The highest BCUT2D eigenvalue weighted by Crippen LogP contribution is 2.35. The lowest BCUT2D eigenvalue weighted by Gasteiger charge is -2.36. The quantitative estimate of drug-likeness (QED) is 0.920. The summed E-state index contributed by atoms with van der Waals surface area (Å²) in [6.45, 7) is 4.10. The number of hydrogen-bond donors (Lipinski definition) is 1. The molecule has 1 saturated heterocycles. The Morgan fingerprint density at radius 2 is 2.00 bits per heavy atom. The van der Waals surface area contributed by atoms with Crippen LogP contribution >= 0.6 is 0 Å². The van der Waals surface area contributed by atoms with Gasteiger partial charge in [0.1, 0.15) is 0 Å². The van der Waals surface area contributed by atoms with Crippen LogP contribution in [0.5, 0.6) is 0 Å². The van der Waals surface area contributed by atoms with E-state index in [1.54, 1.807) is 10.9 Å². The van der Waals surface area contributed by atoms with E-state index in [0.717, 1.165) is 36.5 Å². The predicted octanol–water partition coefficient (Wildman–Crippen LogP) is 2.06. The van der Waals surface area contributed by atoms with Crippen molar-refractivity contribution in [2.45, 2.75) is 57.0 Å². The second-order valence-electron chi connectivity index (χ2n) is 7.17. The highest BCUT2D eigenvalue weighted by atomic mass is 16.7. The Morgan fingerprint density at radius 3 is 2.76 bits per heavy atom. The van der Waals surface area contributed by atoms with Gasteiger partial charge in [-0.05, 0) is 25.8 Å². The normalized spacial score (nSPS) is 21.8. The highest BCUT2D eigenvalue weighted by molar-refractivity contribution is 5.80. The Hall–Kier alpha value is -1.76. The van der Waals surface area contributed by atoms with E-state index >= 15 is 0 Å². The van der Waals surface area contributed by atoms with Crippen molar-refractivity contribution in [3.05, 3.63) is 40.8 Å². The van der Waals surface area contributed by atoms with E-state index in [4.69, 9.17) is 9.47 Å². The summed E-state index contributed by atoms with van der Waals surface area (Å²) < 4.78 is 13.1. The molecule has 1 spiro atoms. The molecule has 2 heterocycles. The number of hydrogen-bond acceptors (Lipinski definition) is 5. The van der Waals surface area contributed by atoms with Gasteiger partial charge in [-0.25, -0.2) is 4.68 Å². The van der Waals surface area contributed by atoms with Crippen LogP contribution in [0, 0.1) is 0 Å². The first-order chi connectivity index (χ1) is 12.2. The van der Waals surface area contributed by atoms with Crippen LogP contribution in [0.4, 0.5) is 0 Å². The fourth-order valence-electron chi connectivity index (χ4n) is 3.98. The van der Waals surface area contributed by atoms with Crippen molar-refractivity contribution in [3.8, 4) is 0 Å². The van der Waals surface area contributed by atoms with Crippen molar-refractivity contribution in [2.75, 3.05) is 13.2 Å². The standard InChI is InChI=1S/C19H25N3O3/c1-14(21-16-6-8-19(9-7-16)24-10-11-25-19)13-22-18(23)17-5-3-2-4-15(17)12-20-22/h2-5,12,14,16,21H,6-11,13H2,1H3. The van der Waals surface area contributed by atoms with Crippen LogP contribution < -0.4 is 10.9 Å². The third kappa shape index (κ3) is 3.47. The molecule has 6 nitrogen and oxygen atoms in total. The van der Waals surface area contributed by atoms with E-state index in [9.17, 15) is 4.79 Å². The molecule has 0 bridgehead atoms. The number of benzene rings is 1. The molecule has 1 aromatic heterocycles. The van der Waals surface area contributed by atoms with Crippen LogP contribution in [0.15, 0.2) is 35.3 Å². The van der Waals surface area contributed by atoms with Crippen molar-refractivity contribution in [2.24, 2.45) is 0 Å². The van der Waals surface area contributed by atoms with Gasteiger partial charge in [-0.2, -0.15) is 5.10 Å². The molecule has 0 radical (unpaired) electrons. The summed E-state index contributed by atoms with van der Waals surface area (Å²) in [4.78, 5) is 12.6. The third-order valence-electron chi connectivity index (χ3n) is 5.29. The maximum Gasteiger partial charge on any atom is 0.274 e. The first-order valence-corrected chi connectivity index (χ1v) is 9.14. The monoisotopic (exact) mass is 343 g/mol. The van der Waals surface area contributed by atoms with Gasteiger partial charge in [-0.1, -0.05) is 18.2 Å². The SMILES string of the molecule is CC(Cn1ncc2ccccc2c1=O)NC1CCC2(CC1)OCCO2. The molecule has 2 aliphatic rings. The predicted molar refractivity (Wildman–Crippen MR) is 95.5 cm³/mol. The largest absolute Gasteiger partial charge is 0.348 e.